The van der Waals surface area contributed by atoms with Gasteiger partial charge in [0, 0.05) is 0 Å². The molecule has 1 aliphatic rings. The Hall–Kier alpha value is -0.570. The molecule has 3 nitrogen and oxygen atoms in total. The molecule has 1 saturated carbocycles. The Bertz CT molecular complexity index is 155. The number of carbonyl (C=O) groups is 1. The molecule has 0 aromatic rings. The Morgan fingerprint density at radius 2 is 2.07 bits per heavy atom. The van der Waals surface area contributed by atoms with Gasteiger partial charge in [-0.2, -0.15) is 0 Å². The van der Waals surface area contributed by atoms with Gasteiger partial charge in [-0.05, 0) is 32.2 Å². The number of ether oxygens (including phenoxy) is 1. The van der Waals surface area contributed by atoms with Crippen LogP contribution in [0.25, 0.3) is 0 Å². The minimum atomic E-state index is -0.128. The van der Waals surface area contributed by atoms with Gasteiger partial charge in [-0.3, -0.25) is 4.79 Å². The first kappa shape index (κ1) is 13.4. The third kappa shape index (κ3) is 5.22. The van der Waals surface area contributed by atoms with E-state index >= 15 is 0 Å². The summed E-state index contributed by atoms with van der Waals surface area (Å²) in [4.78, 5) is 11.1. The van der Waals surface area contributed by atoms with E-state index in [1.54, 1.807) is 7.05 Å². The highest BCUT2D eigenvalue weighted by Gasteiger charge is 2.32. The molecule has 0 saturated heterocycles. The molecule has 0 radical (unpaired) electrons. The van der Waals surface area contributed by atoms with Crippen molar-refractivity contribution in [2.45, 2.75) is 46.1 Å². The van der Waals surface area contributed by atoms with Crippen LogP contribution in [0.3, 0.4) is 0 Å². The predicted octanol–water partition coefficient (Wildman–Crippen LogP) is 1.96. The number of likely N-dealkylation sites (N-methyl/N-ethyl adjacent to an activating group) is 1. The lowest BCUT2D eigenvalue weighted by Gasteiger charge is -2.14. The molecule has 1 fully saturated rings. The van der Waals surface area contributed by atoms with Crippen molar-refractivity contribution >= 4 is 5.97 Å². The second-order valence-corrected chi connectivity index (χ2v) is 3.30. The lowest BCUT2D eigenvalue weighted by atomic mass is 10.2. The quantitative estimate of drug-likeness (QED) is 0.691. The first-order valence-corrected chi connectivity index (χ1v) is 5.62. The van der Waals surface area contributed by atoms with Crippen LogP contribution in [0.5, 0.6) is 0 Å². The lowest BCUT2D eigenvalue weighted by Crippen LogP contribution is -2.26. The highest BCUT2D eigenvalue weighted by molar-refractivity contribution is 5.71. The first-order valence-electron chi connectivity index (χ1n) is 5.62. The Morgan fingerprint density at radius 1 is 1.50 bits per heavy atom. The van der Waals surface area contributed by atoms with Crippen molar-refractivity contribution in [1.82, 2.24) is 5.32 Å². The summed E-state index contributed by atoms with van der Waals surface area (Å²) in [7, 11) is 1.75. The van der Waals surface area contributed by atoms with Crippen LogP contribution < -0.4 is 5.32 Å². The minimum Gasteiger partial charge on any atom is -0.461 e. The number of hydrogen-bond acceptors (Lipinski definition) is 3. The Kier molecular flexibility index (Phi) is 7.48. The summed E-state index contributed by atoms with van der Waals surface area (Å²) >= 11 is 0. The van der Waals surface area contributed by atoms with E-state index in [0.717, 1.165) is 6.42 Å². The zero-order valence-electron chi connectivity index (χ0n) is 9.80. The predicted molar refractivity (Wildman–Crippen MR) is 58.2 cm³/mol. The standard InChI is InChI=1S/C9H17NO2.C2H6/c1-3-8(7-4-5-7)12-9(11)6-10-2;1-2/h7-8,10H,3-6H2,1-2H3;1-2H3. The van der Waals surface area contributed by atoms with E-state index in [4.69, 9.17) is 4.74 Å². The Labute approximate surface area is 87.2 Å². The maximum Gasteiger partial charge on any atom is 0.320 e. The van der Waals surface area contributed by atoms with Crippen LogP contribution in [0, 0.1) is 5.92 Å². The zero-order valence-corrected chi connectivity index (χ0v) is 9.80. The topological polar surface area (TPSA) is 38.3 Å². The van der Waals surface area contributed by atoms with Gasteiger partial charge < -0.3 is 10.1 Å². The van der Waals surface area contributed by atoms with E-state index < -0.39 is 0 Å². The van der Waals surface area contributed by atoms with Crippen LogP contribution in [-0.2, 0) is 9.53 Å². The van der Waals surface area contributed by atoms with Crippen molar-refractivity contribution in [3.63, 3.8) is 0 Å². The van der Waals surface area contributed by atoms with Crippen molar-refractivity contribution < 1.29 is 9.53 Å². The third-order valence-corrected chi connectivity index (χ3v) is 2.15. The van der Waals surface area contributed by atoms with Gasteiger partial charge in [-0.1, -0.05) is 20.8 Å². The molecule has 0 aromatic heterocycles. The third-order valence-electron chi connectivity index (χ3n) is 2.15. The number of rotatable bonds is 5. The summed E-state index contributed by atoms with van der Waals surface area (Å²) in [5, 5.41) is 2.78. The summed E-state index contributed by atoms with van der Waals surface area (Å²) in [6.45, 7) is 6.39. The normalized spacial score (nSPS) is 16.6. The second-order valence-electron chi connectivity index (χ2n) is 3.30. The fourth-order valence-electron chi connectivity index (χ4n) is 1.34. The summed E-state index contributed by atoms with van der Waals surface area (Å²) in [6.07, 6.45) is 3.57. The molecule has 14 heavy (non-hydrogen) atoms. The molecule has 1 aliphatic carbocycles. The molecular weight excluding hydrogens is 178 g/mol. The van der Waals surface area contributed by atoms with Gasteiger partial charge in [0.25, 0.3) is 0 Å². The summed E-state index contributed by atoms with van der Waals surface area (Å²) in [5.41, 5.74) is 0. The molecule has 1 atom stereocenters. The van der Waals surface area contributed by atoms with E-state index in [1.807, 2.05) is 13.8 Å². The van der Waals surface area contributed by atoms with Gasteiger partial charge in [0.15, 0.2) is 0 Å². The minimum absolute atomic E-state index is 0.128. The molecule has 1 rings (SSSR count). The van der Waals surface area contributed by atoms with Gasteiger partial charge >= 0.3 is 5.97 Å². The number of esters is 1. The SMILES string of the molecule is CC.CCC(OC(=O)CNC)C1CC1. The summed E-state index contributed by atoms with van der Waals surface area (Å²) in [5.74, 6) is 0.520. The average Bonchev–Trinajstić information content (AvgIpc) is 3.01. The highest BCUT2D eigenvalue weighted by atomic mass is 16.5. The molecule has 1 unspecified atom stereocenters. The van der Waals surface area contributed by atoms with Crippen LogP contribution in [0.1, 0.15) is 40.0 Å². The van der Waals surface area contributed by atoms with Gasteiger partial charge in [0.2, 0.25) is 0 Å². The second kappa shape index (κ2) is 7.80. The zero-order chi connectivity index (χ0) is 11.0. The molecule has 0 amide bonds. The summed E-state index contributed by atoms with van der Waals surface area (Å²) in [6, 6.07) is 0. The van der Waals surface area contributed by atoms with Crippen LogP contribution in [-0.4, -0.2) is 25.7 Å². The van der Waals surface area contributed by atoms with E-state index in [0.29, 0.717) is 12.5 Å². The maximum atomic E-state index is 11.1. The maximum absolute atomic E-state index is 11.1. The number of carbonyl (C=O) groups excluding carboxylic acids is 1. The van der Waals surface area contributed by atoms with Gasteiger partial charge in [-0.25, -0.2) is 0 Å². The summed E-state index contributed by atoms with van der Waals surface area (Å²) < 4.78 is 5.26. The first-order chi connectivity index (χ1) is 6.77. The van der Waals surface area contributed by atoms with Gasteiger partial charge in [0.1, 0.15) is 6.10 Å². The van der Waals surface area contributed by atoms with E-state index in [9.17, 15) is 4.79 Å². The molecular formula is C11H23NO2. The van der Waals surface area contributed by atoms with E-state index in [1.165, 1.54) is 12.8 Å². The molecule has 0 aliphatic heterocycles. The van der Waals surface area contributed by atoms with Crippen molar-refractivity contribution in [2.24, 2.45) is 5.92 Å². The molecule has 0 heterocycles. The van der Waals surface area contributed by atoms with Crippen molar-refractivity contribution in [2.75, 3.05) is 13.6 Å². The highest BCUT2D eigenvalue weighted by Crippen LogP contribution is 2.35. The molecule has 0 spiro atoms. The van der Waals surface area contributed by atoms with Crippen molar-refractivity contribution in [3.05, 3.63) is 0 Å². The van der Waals surface area contributed by atoms with Crippen LogP contribution in [0.2, 0.25) is 0 Å². The smallest absolute Gasteiger partial charge is 0.320 e. The molecule has 0 aromatic carbocycles. The van der Waals surface area contributed by atoms with E-state index in [2.05, 4.69) is 12.2 Å². The Balaban J connectivity index is 0.000000791. The van der Waals surface area contributed by atoms with Crippen LogP contribution in [0.4, 0.5) is 0 Å². The molecule has 1 N–H and O–H groups in total. The molecule has 0 bridgehead atoms. The molecule has 84 valence electrons. The van der Waals surface area contributed by atoms with Crippen LogP contribution >= 0.6 is 0 Å². The van der Waals surface area contributed by atoms with Crippen LogP contribution in [0.15, 0.2) is 0 Å². The fourth-order valence-corrected chi connectivity index (χ4v) is 1.34. The largest absolute Gasteiger partial charge is 0.461 e. The monoisotopic (exact) mass is 201 g/mol. The van der Waals surface area contributed by atoms with Gasteiger partial charge in [0.05, 0.1) is 6.54 Å². The number of nitrogens with one attached hydrogen (secondary N) is 1. The Morgan fingerprint density at radius 3 is 2.43 bits per heavy atom. The van der Waals surface area contributed by atoms with E-state index in [-0.39, 0.29) is 12.1 Å². The van der Waals surface area contributed by atoms with Gasteiger partial charge in [-0.15, -0.1) is 0 Å². The number of hydrogen-bond donors (Lipinski definition) is 1. The fraction of sp³-hybridized carbons (Fsp3) is 0.909. The molecule has 3 heteroatoms. The lowest BCUT2D eigenvalue weighted by molar-refractivity contribution is -0.149. The van der Waals surface area contributed by atoms with Crippen molar-refractivity contribution in [1.29, 1.82) is 0 Å². The van der Waals surface area contributed by atoms with Crippen molar-refractivity contribution in [3.8, 4) is 0 Å². The average molecular weight is 201 g/mol.